The fourth-order valence-corrected chi connectivity index (χ4v) is 5.25. The van der Waals surface area contributed by atoms with Crippen molar-refractivity contribution < 1.29 is 28.0 Å². The van der Waals surface area contributed by atoms with Gasteiger partial charge in [0.2, 0.25) is 0 Å². The van der Waals surface area contributed by atoms with Gasteiger partial charge in [-0.05, 0) is 60.4 Å². The Labute approximate surface area is 251 Å². The number of hydrogen-bond donors (Lipinski definition) is 5. The van der Waals surface area contributed by atoms with Crippen LogP contribution in [0.4, 0.5) is 27.5 Å². The van der Waals surface area contributed by atoms with Gasteiger partial charge in [0.25, 0.3) is 10.1 Å². The Hall–Kier alpha value is -4.42. The SMILES string of the molecule is CS(=O)(=O)O.Nc1cccc(N2C(=O)N(c3cccc(N)c3)[C@H](Cc3ccccc3)[C@H](O)[C@@H](O)[C@H]2Cc2ccccc2)c1. The second kappa shape index (κ2) is 13.7. The monoisotopic (exact) mass is 604 g/mol. The molecule has 1 heterocycles. The molecular formula is C32H36N4O6S. The van der Waals surface area contributed by atoms with Crippen molar-refractivity contribution in [3.63, 3.8) is 0 Å². The highest BCUT2D eigenvalue weighted by atomic mass is 32.2. The number of aliphatic hydroxyl groups excluding tert-OH is 2. The van der Waals surface area contributed by atoms with Crippen molar-refractivity contribution in [3.05, 3.63) is 120 Å². The Kier molecular flexibility index (Phi) is 10.0. The molecule has 1 aliphatic heterocycles. The lowest BCUT2D eigenvalue weighted by Crippen LogP contribution is -2.51. The molecule has 0 bridgehead atoms. The second-order valence-corrected chi connectivity index (χ2v) is 11.9. The van der Waals surface area contributed by atoms with Crippen LogP contribution < -0.4 is 21.3 Å². The summed E-state index contributed by atoms with van der Waals surface area (Å²) in [6, 6.07) is 31.4. The normalized spacial score (nSPS) is 20.6. The van der Waals surface area contributed by atoms with E-state index in [2.05, 4.69) is 0 Å². The number of carbonyl (C=O) groups is 1. The molecule has 4 aromatic carbocycles. The number of amides is 2. The quantitative estimate of drug-likeness (QED) is 0.164. The Bertz CT molecular complexity index is 1510. The van der Waals surface area contributed by atoms with E-state index in [0.717, 1.165) is 11.1 Å². The molecule has 10 nitrogen and oxygen atoms in total. The van der Waals surface area contributed by atoms with Gasteiger partial charge in [-0.2, -0.15) is 8.42 Å². The van der Waals surface area contributed by atoms with Crippen molar-refractivity contribution >= 4 is 38.9 Å². The Morgan fingerprint density at radius 2 is 1.00 bits per heavy atom. The van der Waals surface area contributed by atoms with Crippen molar-refractivity contribution in [1.82, 2.24) is 0 Å². The molecule has 1 fully saturated rings. The van der Waals surface area contributed by atoms with E-state index in [9.17, 15) is 23.4 Å². The van der Waals surface area contributed by atoms with Gasteiger partial charge in [0.15, 0.2) is 0 Å². The third-order valence-electron chi connectivity index (χ3n) is 7.09. The molecular weight excluding hydrogens is 568 g/mol. The number of nitrogen functional groups attached to an aromatic ring is 2. The molecule has 226 valence electrons. The second-order valence-electron chi connectivity index (χ2n) is 10.4. The zero-order valence-corrected chi connectivity index (χ0v) is 24.5. The van der Waals surface area contributed by atoms with Gasteiger partial charge in [-0.1, -0.05) is 72.8 Å². The van der Waals surface area contributed by atoms with E-state index in [0.29, 0.717) is 41.8 Å². The van der Waals surface area contributed by atoms with Gasteiger partial charge in [-0.15, -0.1) is 0 Å². The first-order chi connectivity index (χ1) is 20.4. The number of nitrogens with zero attached hydrogens (tertiary/aromatic N) is 2. The Balaban J connectivity index is 0.000000782. The average molecular weight is 605 g/mol. The van der Waals surface area contributed by atoms with Crippen LogP contribution in [0.5, 0.6) is 0 Å². The van der Waals surface area contributed by atoms with Crippen molar-refractivity contribution in [2.45, 2.75) is 37.1 Å². The number of anilines is 4. The van der Waals surface area contributed by atoms with Crippen molar-refractivity contribution in [3.8, 4) is 0 Å². The number of nitrogens with two attached hydrogens (primary N) is 2. The molecule has 0 radical (unpaired) electrons. The van der Waals surface area contributed by atoms with Crippen LogP contribution in [0, 0.1) is 0 Å². The zero-order valence-electron chi connectivity index (χ0n) is 23.6. The lowest BCUT2D eigenvalue weighted by Gasteiger charge is -2.35. The Morgan fingerprint density at radius 1 is 0.651 bits per heavy atom. The third kappa shape index (κ3) is 8.33. The molecule has 43 heavy (non-hydrogen) atoms. The summed E-state index contributed by atoms with van der Waals surface area (Å²) in [4.78, 5) is 17.7. The standard InChI is InChI=1S/C31H32N4O3.CH4O3S/c32-23-13-7-15-25(19-23)34-27(17-21-9-3-1-4-10-21)29(36)30(37)28(18-22-11-5-2-6-12-22)35(31(34)38)26-16-8-14-24(33)20-26;1-5(2,3)4/h1-16,19-20,27-30,36-37H,17-18,32-33H2;1H3,(H,2,3,4)/t27-,28-,29+,30+;/m1./s1. The van der Waals surface area contributed by atoms with E-state index in [4.69, 9.17) is 16.0 Å². The van der Waals surface area contributed by atoms with E-state index in [-0.39, 0.29) is 6.03 Å². The summed E-state index contributed by atoms with van der Waals surface area (Å²) in [5, 5.41) is 23.5. The molecule has 2 amide bonds. The maximum Gasteiger partial charge on any atom is 0.329 e. The van der Waals surface area contributed by atoms with Gasteiger partial charge in [0, 0.05) is 22.7 Å². The predicted octanol–water partition coefficient (Wildman–Crippen LogP) is 3.75. The maximum absolute atomic E-state index is 14.6. The third-order valence-corrected chi connectivity index (χ3v) is 7.09. The van der Waals surface area contributed by atoms with Crippen LogP contribution in [-0.2, 0) is 23.0 Å². The van der Waals surface area contributed by atoms with Crippen molar-refractivity contribution in [2.24, 2.45) is 0 Å². The van der Waals surface area contributed by atoms with Gasteiger partial charge in [-0.3, -0.25) is 14.4 Å². The van der Waals surface area contributed by atoms with E-state index in [1.807, 2.05) is 60.7 Å². The molecule has 0 spiro atoms. The van der Waals surface area contributed by atoms with Crippen LogP contribution in [0.25, 0.3) is 0 Å². The maximum atomic E-state index is 14.6. The highest BCUT2D eigenvalue weighted by Crippen LogP contribution is 2.35. The molecule has 5 rings (SSSR count). The van der Waals surface area contributed by atoms with Gasteiger partial charge >= 0.3 is 6.03 Å². The van der Waals surface area contributed by atoms with Crippen LogP contribution >= 0.6 is 0 Å². The summed E-state index contributed by atoms with van der Waals surface area (Å²) in [5.74, 6) is 0. The molecule has 0 saturated carbocycles. The fourth-order valence-electron chi connectivity index (χ4n) is 5.25. The first-order valence-corrected chi connectivity index (χ1v) is 15.5. The van der Waals surface area contributed by atoms with Crippen molar-refractivity contribution in [2.75, 3.05) is 27.5 Å². The molecule has 0 aliphatic carbocycles. The highest BCUT2D eigenvalue weighted by Gasteiger charge is 2.47. The van der Waals surface area contributed by atoms with E-state index in [1.54, 1.807) is 58.3 Å². The lowest BCUT2D eigenvalue weighted by molar-refractivity contribution is -0.00483. The summed E-state index contributed by atoms with van der Waals surface area (Å²) in [6.07, 6.45) is -1.11. The molecule has 1 aliphatic rings. The molecule has 0 aromatic heterocycles. The average Bonchev–Trinajstić information content (AvgIpc) is 3.02. The minimum Gasteiger partial charge on any atom is -0.399 e. The lowest BCUT2D eigenvalue weighted by atomic mass is 9.90. The Morgan fingerprint density at radius 3 is 1.33 bits per heavy atom. The number of carbonyl (C=O) groups excluding carboxylic acids is 1. The minimum absolute atomic E-state index is 0.336. The van der Waals surface area contributed by atoms with Crippen molar-refractivity contribution in [1.29, 1.82) is 0 Å². The van der Waals surface area contributed by atoms with E-state index in [1.165, 1.54) is 0 Å². The summed E-state index contributed by atoms with van der Waals surface area (Å²) in [6.45, 7) is 0. The fraction of sp³-hybridized carbons (Fsp3) is 0.219. The van der Waals surface area contributed by atoms with E-state index < -0.39 is 34.4 Å². The van der Waals surface area contributed by atoms with Gasteiger partial charge in [0.05, 0.1) is 18.3 Å². The number of aliphatic hydroxyl groups is 2. The molecule has 7 N–H and O–H groups in total. The summed E-state index contributed by atoms with van der Waals surface area (Å²) >= 11 is 0. The molecule has 4 atom stereocenters. The zero-order chi connectivity index (χ0) is 31.1. The molecule has 1 saturated heterocycles. The molecule has 4 aromatic rings. The van der Waals surface area contributed by atoms with E-state index >= 15 is 0 Å². The number of urea groups is 1. The number of hydrogen-bond acceptors (Lipinski definition) is 7. The molecule has 11 heteroatoms. The summed E-state index contributed by atoms with van der Waals surface area (Å²) < 4.78 is 25.9. The molecule has 0 unspecified atom stereocenters. The highest BCUT2D eigenvalue weighted by molar-refractivity contribution is 7.85. The number of rotatable bonds is 6. The van der Waals surface area contributed by atoms with Gasteiger partial charge in [-0.25, -0.2) is 4.79 Å². The first kappa shape index (κ1) is 31.5. The largest absolute Gasteiger partial charge is 0.399 e. The summed E-state index contributed by atoms with van der Waals surface area (Å²) in [7, 11) is -3.67. The topological polar surface area (TPSA) is 170 Å². The van der Waals surface area contributed by atoms with Gasteiger partial charge in [0.1, 0.15) is 12.2 Å². The van der Waals surface area contributed by atoms with Crippen LogP contribution in [0.15, 0.2) is 109 Å². The first-order valence-electron chi connectivity index (χ1n) is 13.6. The minimum atomic E-state index is -3.67. The number of benzene rings is 4. The van der Waals surface area contributed by atoms with Crippen LogP contribution in [0.2, 0.25) is 0 Å². The van der Waals surface area contributed by atoms with Crippen LogP contribution in [-0.4, -0.2) is 59.8 Å². The smallest absolute Gasteiger partial charge is 0.329 e. The summed E-state index contributed by atoms with van der Waals surface area (Å²) in [5.41, 5.74) is 16.2. The van der Waals surface area contributed by atoms with Crippen LogP contribution in [0.3, 0.4) is 0 Å². The van der Waals surface area contributed by atoms with Gasteiger partial charge < -0.3 is 21.7 Å². The predicted molar refractivity (Wildman–Crippen MR) is 169 cm³/mol. The van der Waals surface area contributed by atoms with Crippen LogP contribution in [0.1, 0.15) is 11.1 Å².